The second kappa shape index (κ2) is 7.69. The fourth-order valence-corrected chi connectivity index (χ4v) is 2.05. The normalized spacial score (nSPS) is 10.8. The Bertz CT molecular complexity index is 581. The van der Waals surface area contributed by atoms with Gasteiger partial charge in [0.25, 0.3) is 10.2 Å². The first kappa shape index (κ1) is 16.2. The smallest absolute Gasteiger partial charge is 0.296 e. The summed E-state index contributed by atoms with van der Waals surface area (Å²) in [5.41, 5.74) is 0.173. The average molecular weight is 299 g/mol. The Morgan fingerprint density at radius 1 is 1.35 bits per heavy atom. The summed E-state index contributed by atoms with van der Waals surface area (Å²) in [7, 11) is -3.94. The van der Waals surface area contributed by atoms with Gasteiger partial charge >= 0.3 is 0 Å². The van der Waals surface area contributed by atoms with Crippen LogP contribution in [0.2, 0.25) is 0 Å². The number of aliphatic hydroxyl groups excluding tert-OH is 1. The second-order valence-corrected chi connectivity index (χ2v) is 5.36. The Balaban J connectivity index is 2.77. The summed E-state index contributed by atoms with van der Waals surface area (Å²) in [6.45, 7) is 0.519. The minimum absolute atomic E-state index is 0.0860. The SMILES string of the molecule is N#Cc1c(NS(N)(=O)=O)cccc1OCCCCCO. The lowest BCUT2D eigenvalue weighted by Crippen LogP contribution is -2.22. The molecule has 0 fully saturated rings. The van der Waals surface area contributed by atoms with E-state index in [-0.39, 0.29) is 17.9 Å². The van der Waals surface area contributed by atoms with Gasteiger partial charge in [-0.15, -0.1) is 0 Å². The molecule has 1 aromatic rings. The number of hydrogen-bond acceptors (Lipinski definition) is 5. The minimum atomic E-state index is -3.94. The number of hydrogen-bond donors (Lipinski definition) is 3. The van der Waals surface area contributed by atoms with E-state index in [9.17, 15) is 8.42 Å². The first-order valence-electron chi connectivity index (χ1n) is 6.05. The van der Waals surface area contributed by atoms with Crippen molar-refractivity contribution in [1.29, 1.82) is 5.26 Å². The number of benzene rings is 1. The predicted octanol–water partition coefficient (Wildman–Crippen LogP) is 0.715. The largest absolute Gasteiger partial charge is 0.492 e. The van der Waals surface area contributed by atoms with Crippen molar-refractivity contribution in [1.82, 2.24) is 0 Å². The van der Waals surface area contributed by atoms with Crippen LogP contribution in [0.4, 0.5) is 5.69 Å². The molecule has 1 aromatic carbocycles. The van der Waals surface area contributed by atoms with E-state index in [0.717, 1.165) is 12.8 Å². The van der Waals surface area contributed by atoms with Crippen LogP contribution in [0, 0.1) is 11.3 Å². The van der Waals surface area contributed by atoms with E-state index in [4.69, 9.17) is 20.2 Å². The molecule has 0 aliphatic heterocycles. The zero-order chi connectivity index (χ0) is 15.0. The molecule has 1 rings (SSSR count). The van der Waals surface area contributed by atoms with Crippen molar-refractivity contribution in [2.24, 2.45) is 5.14 Å². The Morgan fingerprint density at radius 2 is 2.10 bits per heavy atom. The van der Waals surface area contributed by atoms with Gasteiger partial charge in [0.1, 0.15) is 17.4 Å². The fourth-order valence-electron chi connectivity index (χ4n) is 1.58. The zero-order valence-electron chi connectivity index (χ0n) is 10.9. The van der Waals surface area contributed by atoms with Gasteiger partial charge in [0.2, 0.25) is 0 Å². The van der Waals surface area contributed by atoms with Crippen LogP contribution in [0.5, 0.6) is 5.75 Å². The molecule has 0 heterocycles. The van der Waals surface area contributed by atoms with E-state index in [1.807, 2.05) is 6.07 Å². The van der Waals surface area contributed by atoms with Crippen LogP contribution in [-0.2, 0) is 10.2 Å². The molecule has 4 N–H and O–H groups in total. The number of nitriles is 1. The van der Waals surface area contributed by atoms with Gasteiger partial charge in [0.15, 0.2) is 0 Å². The molecule has 0 bridgehead atoms. The highest BCUT2D eigenvalue weighted by molar-refractivity contribution is 7.90. The molecule has 0 radical (unpaired) electrons. The minimum Gasteiger partial charge on any atom is -0.492 e. The maximum absolute atomic E-state index is 11.0. The summed E-state index contributed by atoms with van der Waals surface area (Å²) >= 11 is 0. The van der Waals surface area contributed by atoms with Crippen molar-refractivity contribution in [3.8, 4) is 11.8 Å². The van der Waals surface area contributed by atoms with Crippen molar-refractivity contribution in [2.45, 2.75) is 19.3 Å². The van der Waals surface area contributed by atoms with Gasteiger partial charge in [0.05, 0.1) is 12.3 Å². The van der Waals surface area contributed by atoms with Crippen LogP contribution in [0.1, 0.15) is 24.8 Å². The average Bonchev–Trinajstić information content (AvgIpc) is 2.37. The molecule has 0 saturated carbocycles. The van der Waals surface area contributed by atoms with Gasteiger partial charge in [-0.05, 0) is 31.4 Å². The van der Waals surface area contributed by atoms with E-state index in [1.165, 1.54) is 6.07 Å². The van der Waals surface area contributed by atoms with Crippen LogP contribution < -0.4 is 14.6 Å². The van der Waals surface area contributed by atoms with E-state index in [1.54, 1.807) is 12.1 Å². The monoisotopic (exact) mass is 299 g/mol. The molecule has 20 heavy (non-hydrogen) atoms. The zero-order valence-corrected chi connectivity index (χ0v) is 11.7. The quantitative estimate of drug-likeness (QED) is 0.610. The standard InChI is InChI=1S/C12H17N3O4S/c13-9-10-11(15-20(14,17)18)5-4-6-12(10)19-8-3-1-2-7-16/h4-6,15-16H,1-3,7-8H2,(H2,14,17,18). The van der Waals surface area contributed by atoms with Gasteiger partial charge in [0, 0.05) is 6.61 Å². The molecule has 0 aromatic heterocycles. The molecule has 0 aliphatic rings. The van der Waals surface area contributed by atoms with E-state index < -0.39 is 10.2 Å². The van der Waals surface area contributed by atoms with E-state index in [0.29, 0.717) is 18.8 Å². The first-order valence-corrected chi connectivity index (χ1v) is 7.60. The van der Waals surface area contributed by atoms with Gasteiger partial charge in [-0.1, -0.05) is 6.07 Å². The summed E-state index contributed by atoms with van der Waals surface area (Å²) in [4.78, 5) is 0. The first-order chi connectivity index (χ1) is 9.48. The van der Waals surface area contributed by atoms with Gasteiger partial charge in [-0.25, -0.2) is 5.14 Å². The van der Waals surface area contributed by atoms with Crippen molar-refractivity contribution in [3.63, 3.8) is 0 Å². The van der Waals surface area contributed by atoms with E-state index >= 15 is 0 Å². The molecular weight excluding hydrogens is 282 g/mol. The Kier molecular flexibility index (Phi) is 6.24. The van der Waals surface area contributed by atoms with Crippen molar-refractivity contribution < 1.29 is 18.3 Å². The highest BCUT2D eigenvalue weighted by atomic mass is 32.2. The van der Waals surface area contributed by atoms with Gasteiger partial charge in [-0.2, -0.15) is 13.7 Å². The van der Waals surface area contributed by atoms with Crippen LogP contribution in [0.3, 0.4) is 0 Å². The Hall–Kier alpha value is -1.82. The molecule has 0 aliphatic carbocycles. The molecule has 0 spiro atoms. The van der Waals surface area contributed by atoms with Crippen LogP contribution in [0.15, 0.2) is 18.2 Å². The van der Waals surface area contributed by atoms with Crippen LogP contribution in [0.25, 0.3) is 0 Å². The summed E-state index contributed by atoms with van der Waals surface area (Å²) in [5, 5.41) is 22.6. The molecule has 0 atom stereocenters. The third-order valence-corrected chi connectivity index (χ3v) is 2.95. The number of nitrogens with one attached hydrogen (secondary N) is 1. The topological polar surface area (TPSA) is 125 Å². The number of nitrogens with two attached hydrogens (primary N) is 1. The second-order valence-electron chi connectivity index (χ2n) is 4.07. The van der Waals surface area contributed by atoms with Crippen molar-refractivity contribution in [3.05, 3.63) is 23.8 Å². The fraction of sp³-hybridized carbons (Fsp3) is 0.417. The van der Waals surface area contributed by atoms with Crippen molar-refractivity contribution in [2.75, 3.05) is 17.9 Å². The number of unbranched alkanes of at least 4 members (excludes halogenated alkanes) is 2. The maximum atomic E-state index is 11.0. The molecule has 7 nitrogen and oxygen atoms in total. The van der Waals surface area contributed by atoms with Gasteiger partial charge < -0.3 is 9.84 Å². The third kappa shape index (κ3) is 5.44. The Labute approximate surface area is 118 Å². The van der Waals surface area contributed by atoms with Crippen LogP contribution in [-0.4, -0.2) is 26.7 Å². The number of anilines is 1. The maximum Gasteiger partial charge on any atom is 0.296 e. The molecular formula is C12H17N3O4S. The lowest BCUT2D eigenvalue weighted by molar-refractivity contribution is 0.266. The molecule has 0 amide bonds. The molecule has 0 saturated heterocycles. The number of rotatable bonds is 8. The number of nitrogens with zero attached hydrogens (tertiary/aromatic N) is 1. The molecule has 8 heteroatoms. The molecule has 0 unspecified atom stereocenters. The predicted molar refractivity (Wildman–Crippen MR) is 74.3 cm³/mol. The van der Waals surface area contributed by atoms with Crippen molar-refractivity contribution >= 4 is 15.9 Å². The van der Waals surface area contributed by atoms with Gasteiger partial charge in [-0.3, -0.25) is 4.72 Å². The van der Waals surface area contributed by atoms with Crippen LogP contribution >= 0.6 is 0 Å². The number of ether oxygens (including phenoxy) is 1. The lowest BCUT2D eigenvalue weighted by Gasteiger charge is -2.11. The Morgan fingerprint density at radius 3 is 2.70 bits per heavy atom. The summed E-state index contributed by atoms with van der Waals surface area (Å²) in [6, 6.07) is 6.47. The lowest BCUT2D eigenvalue weighted by atomic mass is 10.2. The number of aliphatic hydroxyl groups is 1. The third-order valence-electron chi connectivity index (χ3n) is 2.45. The molecule has 110 valence electrons. The summed E-state index contributed by atoms with van der Waals surface area (Å²) in [5.74, 6) is 0.296. The summed E-state index contributed by atoms with van der Waals surface area (Å²) < 4.78 is 29.5. The van der Waals surface area contributed by atoms with E-state index in [2.05, 4.69) is 4.72 Å². The highest BCUT2D eigenvalue weighted by Crippen LogP contribution is 2.26. The summed E-state index contributed by atoms with van der Waals surface area (Å²) in [6.07, 6.45) is 2.24. The highest BCUT2D eigenvalue weighted by Gasteiger charge is 2.12.